The van der Waals surface area contributed by atoms with Crippen molar-refractivity contribution in [2.24, 2.45) is 0 Å². The van der Waals surface area contributed by atoms with Crippen molar-refractivity contribution in [3.63, 3.8) is 0 Å². The molecule has 0 aliphatic carbocycles. The van der Waals surface area contributed by atoms with E-state index in [0.717, 1.165) is 32.5 Å². The second-order valence-corrected chi connectivity index (χ2v) is 27.4. The van der Waals surface area contributed by atoms with E-state index in [-0.39, 0.29) is 25.5 Å². The van der Waals surface area contributed by atoms with E-state index in [1.165, 1.54) is 44.6 Å². The van der Waals surface area contributed by atoms with Crippen LogP contribution in [0.5, 0.6) is 0 Å². The molecule has 0 saturated heterocycles. The van der Waals surface area contributed by atoms with Crippen molar-refractivity contribution < 1.29 is 20.2 Å². The van der Waals surface area contributed by atoms with Crippen molar-refractivity contribution >= 4 is 73.4 Å². The number of benzene rings is 3. The molecule has 0 unspecified atom stereocenters. The Morgan fingerprint density at radius 2 is 1.12 bits per heavy atom. The number of hydrogen-bond donors (Lipinski definition) is 5. The number of nitrogens with zero attached hydrogens (tertiary/aromatic N) is 1. The molecule has 3 aromatic rings. The Labute approximate surface area is 327 Å². The van der Waals surface area contributed by atoms with E-state index in [2.05, 4.69) is 69.9 Å². The number of aliphatic hydroxyl groups is 3. The molecule has 3 rings (SSSR count). The molecule has 0 fully saturated rings. The molecule has 7 N–H and O–H groups in total. The predicted molar refractivity (Wildman–Crippen MR) is 228 cm³/mol. The number of rotatable bonds is 18. The Hall–Kier alpha value is -2.22. The second kappa shape index (κ2) is 29.3. The number of hydrogen-bond acceptors (Lipinski definition) is 7. The number of halogens is 2. The Morgan fingerprint density at radius 1 is 0.706 bits per heavy atom. The van der Waals surface area contributed by atoms with Crippen LogP contribution in [0.3, 0.4) is 0 Å². The Morgan fingerprint density at radius 3 is 1.49 bits per heavy atom. The summed E-state index contributed by atoms with van der Waals surface area (Å²) in [5, 5.41) is 36.6. The maximum atomic E-state index is 10.6. The Kier molecular flexibility index (Phi) is 28.0. The average molecular weight is 942 g/mol. The van der Waals surface area contributed by atoms with Gasteiger partial charge in [0.15, 0.2) is 0 Å². The van der Waals surface area contributed by atoms with E-state index in [1.54, 1.807) is 31.5 Å². The third kappa shape index (κ3) is 20.6. The van der Waals surface area contributed by atoms with Crippen LogP contribution < -0.4 is 11.5 Å². The zero-order chi connectivity index (χ0) is 38.7. The summed E-state index contributed by atoms with van der Waals surface area (Å²) in [6.07, 6.45) is 11.8. The number of anilines is 2. The maximum absolute atomic E-state index is 10.6. The summed E-state index contributed by atoms with van der Waals surface area (Å²) in [6.45, 7) is 15.0. The molecule has 51 heavy (non-hydrogen) atoms. The molecular weight excluding hydrogens is 881 g/mol. The number of aliphatic hydroxyl groups excluding tert-OH is 3. The van der Waals surface area contributed by atoms with Crippen LogP contribution in [0.2, 0.25) is 13.3 Å². The van der Waals surface area contributed by atoms with Gasteiger partial charge in [0.05, 0.1) is 4.92 Å². The minimum absolute atomic E-state index is 0.0448. The fourth-order valence-corrected chi connectivity index (χ4v) is 19.0. The number of nitro benzene ring substituents is 1. The smallest absolute Gasteiger partial charge is 0.273 e. The molecule has 0 saturated carbocycles. The van der Waals surface area contributed by atoms with Gasteiger partial charge in [-0.15, -0.1) is 0 Å². The standard InChI is InChI=1S/C10H13NO.C8H8BrNO3.C8H10BrNO.3C4H9.C2H3.Sn/c1-2-8-3-4-9(5-6-12)10(11)7-8;9-7-2-1-6(3-4-11)8(5-7)10(12)13;9-7-2-1-6(3-4-11)8(10)5-7;3*1-3-4-2;1-2;/h2-4,7,12H,1,5-6,11H2;1-2,5,11H,3-4H2;1-2,5,11H,3-4,10H2;3*1,3-4H2,2H3;1H,2H2;. The van der Waals surface area contributed by atoms with Crippen LogP contribution in [-0.4, -0.2) is 58.4 Å². The second-order valence-electron chi connectivity index (χ2n) is 12.3. The third-order valence-electron chi connectivity index (χ3n) is 8.42. The molecule has 0 radical (unpaired) electrons. The van der Waals surface area contributed by atoms with Gasteiger partial charge in [-0.25, -0.2) is 0 Å². The van der Waals surface area contributed by atoms with Gasteiger partial charge in [-0.3, -0.25) is 10.1 Å². The molecule has 3 aromatic carbocycles. The van der Waals surface area contributed by atoms with Gasteiger partial charge in [-0.2, -0.15) is 0 Å². The van der Waals surface area contributed by atoms with Gasteiger partial charge < -0.3 is 26.8 Å². The van der Waals surface area contributed by atoms with E-state index >= 15 is 0 Å². The fraction of sp³-hybridized carbons (Fsp3) is 0.450. The summed E-state index contributed by atoms with van der Waals surface area (Å²) in [5.41, 5.74) is 16.4. The van der Waals surface area contributed by atoms with Crippen LogP contribution >= 0.6 is 31.9 Å². The molecule has 0 spiro atoms. The first-order valence-corrected chi connectivity index (χ1v) is 27.1. The van der Waals surface area contributed by atoms with Crippen LogP contribution in [0.15, 0.2) is 80.8 Å². The third-order valence-corrected chi connectivity index (χ3v) is 23.4. The van der Waals surface area contributed by atoms with Crippen molar-refractivity contribution in [1.29, 1.82) is 0 Å². The maximum Gasteiger partial charge on any atom is 0.273 e. The van der Waals surface area contributed by atoms with E-state index < -0.39 is 23.3 Å². The summed E-state index contributed by atoms with van der Waals surface area (Å²) < 4.78 is 8.80. The summed E-state index contributed by atoms with van der Waals surface area (Å²) in [7, 11) is 0. The van der Waals surface area contributed by atoms with Crippen LogP contribution in [0.4, 0.5) is 17.1 Å². The van der Waals surface area contributed by atoms with Crippen LogP contribution in [-0.2, 0) is 19.3 Å². The number of nitrogens with two attached hydrogens (primary N) is 2. The van der Waals surface area contributed by atoms with Gasteiger partial charge in [0.2, 0.25) is 0 Å². The molecule has 0 bridgehead atoms. The van der Waals surface area contributed by atoms with Gasteiger partial charge in [-0.1, -0.05) is 68.8 Å². The van der Waals surface area contributed by atoms with Crippen LogP contribution in [0, 0.1) is 10.1 Å². The summed E-state index contributed by atoms with van der Waals surface area (Å²) >= 11 is 4.60. The largest absolute Gasteiger partial charge is 0.398 e. The van der Waals surface area contributed by atoms with Gasteiger partial charge in [0.25, 0.3) is 5.69 Å². The molecule has 11 heteroatoms. The first-order chi connectivity index (χ1) is 24.4. The average Bonchev–Trinajstić information content (AvgIpc) is 3.12. The molecule has 0 amide bonds. The molecular formula is C40H61Br2N3O5Sn. The van der Waals surface area contributed by atoms with Crippen LogP contribution in [0.25, 0.3) is 6.08 Å². The van der Waals surface area contributed by atoms with Crippen molar-refractivity contribution in [2.75, 3.05) is 31.3 Å². The monoisotopic (exact) mass is 941 g/mol. The normalized spacial score (nSPS) is 10.4. The van der Waals surface area contributed by atoms with Crippen molar-refractivity contribution in [3.05, 3.63) is 113 Å². The minimum Gasteiger partial charge on any atom is -0.398 e. The van der Waals surface area contributed by atoms with Gasteiger partial charge in [-0.05, 0) is 53.8 Å². The van der Waals surface area contributed by atoms with Crippen molar-refractivity contribution in [3.8, 4) is 0 Å². The fourth-order valence-electron chi connectivity index (χ4n) is 5.31. The van der Waals surface area contributed by atoms with Crippen LogP contribution in [0.1, 0.15) is 81.5 Å². The quantitative estimate of drug-likeness (QED) is 0.0368. The van der Waals surface area contributed by atoms with E-state index in [9.17, 15) is 10.1 Å². The summed E-state index contributed by atoms with van der Waals surface area (Å²) in [6, 6.07) is 16.2. The van der Waals surface area contributed by atoms with Gasteiger partial charge in [0, 0.05) is 58.2 Å². The Balaban J connectivity index is 0.000000657. The minimum atomic E-state index is -1.85. The number of nitro groups is 1. The summed E-state index contributed by atoms with van der Waals surface area (Å²) in [4.78, 5) is 10.1. The molecule has 8 nitrogen and oxygen atoms in total. The number of unbranched alkanes of at least 4 members (excludes halogenated alkanes) is 3. The van der Waals surface area contributed by atoms with E-state index in [1.807, 2.05) is 36.4 Å². The van der Waals surface area contributed by atoms with Gasteiger partial charge >= 0.3 is 102 Å². The predicted octanol–water partition coefficient (Wildman–Crippen LogP) is 10.5. The van der Waals surface area contributed by atoms with E-state index in [4.69, 9.17) is 26.8 Å². The molecule has 0 heterocycles. The number of nitrogen functional groups attached to an aromatic ring is 2. The first kappa shape index (κ1) is 48.8. The van der Waals surface area contributed by atoms with Gasteiger partial charge in [0.1, 0.15) is 0 Å². The van der Waals surface area contributed by atoms with Crippen molar-refractivity contribution in [1.82, 2.24) is 0 Å². The first-order valence-electron chi connectivity index (χ1n) is 17.8. The molecule has 284 valence electrons. The zero-order valence-corrected chi connectivity index (χ0v) is 36.9. The van der Waals surface area contributed by atoms with E-state index in [0.29, 0.717) is 29.3 Å². The Bertz CT molecular complexity index is 1420. The zero-order valence-electron chi connectivity index (χ0n) is 30.9. The molecule has 0 aliphatic heterocycles. The SMILES string of the molecule is C=Cc1ccc(CCO)c(N)c1.C=[CH][Sn]([CH2]CCC)([CH2]CCC)[CH2]CCC.Nc1cc(Br)ccc1CCO.O=[N+]([O-])c1cc(Br)ccc1CCO. The summed E-state index contributed by atoms with van der Waals surface area (Å²) in [5.74, 6) is 0. The molecule has 0 aromatic heterocycles. The molecule has 0 aliphatic rings. The molecule has 0 atom stereocenters. The van der Waals surface area contributed by atoms with Crippen molar-refractivity contribution in [2.45, 2.75) is 91.9 Å². The topological polar surface area (TPSA) is 156 Å².